The number of carbonyl (C=O) groups is 2. The van der Waals surface area contributed by atoms with E-state index < -0.39 is 0 Å². The molecule has 1 aromatic carbocycles. The van der Waals surface area contributed by atoms with Gasteiger partial charge in [-0.1, -0.05) is 32.0 Å². The molecule has 0 saturated heterocycles. The molecule has 1 heterocycles. The van der Waals surface area contributed by atoms with Gasteiger partial charge in [-0.25, -0.2) is 9.37 Å². The van der Waals surface area contributed by atoms with Gasteiger partial charge in [0.25, 0.3) is 0 Å². The zero-order valence-corrected chi connectivity index (χ0v) is 16.4. The van der Waals surface area contributed by atoms with Crippen molar-refractivity contribution in [3.05, 3.63) is 46.7 Å². The van der Waals surface area contributed by atoms with E-state index in [0.29, 0.717) is 34.4 Å². The van der Waals surface area contributed by atoms with Crippen molar-refractivity contribution in [2.24, 2.45) is 5.92 Å². The van der Waals surface area contributed by atoms with Gasteiger partial charge in [0, 0.05) is 29.3 Å². The van der Waals surface area contributed by atoms with Crippen LogP contribution in [0.25, 0.3) is 0 Å². The highest BCUT2D eigenvalue weighted by molar-refractivity contribution is 7.98. The third-order valence-corrected chi connectivity index (χ3v) is 5.25. The van der Waals surface area contributed by atoms with Crippen LogP contribution in [0.15, 0.2) is 29.6 Å². The fourth-order valence-corrected chi connectivity index (χ4v) is 3.54. The lowest BCUT2D eigenvalue weighted by molar-refractivity contribution is -0.120. The molecule has 0 atom stereocenters. The van der Waals surface area contributed by atoms with Crippen LogP contribution in [-0.2, 0) is 21.8 Å². The second-order valence-corrected chi connectivity index (χ2v) is 7.92. The number of amides is 2. The fourth-order valence-electron chi connectivity index (χ4n) is 1.98. The van der Waals surface area contributed by atoms with Gasteiger partial charge in [-0.2, -0.15) is 11.8 Å². The second-order valence-electron chi connectivity index (χ2n) is 5.96. The number of hydrogen-bond donors (Lipinski definition) is 2. The summed E-state index contributed by atoms with van der Waals surface area (Å²) in [5.41, 5.74) is 1.30. The second kappa shape index (κ2) is 10.3. The molecule has 0 spiro atoms. The average Bonchev–Trinajstić information content (AvgIpc) is 3.02. The summed E-state index contributed by atoms with van der Waals surface area (Å²) in [6.45, 7) is 4.13. The molecule has 0 aliphatic heterocycles. The van der Waals surface area contributed by atoms with Crippen LogP contribution in [0, 0.1) is 11.7 Å². The molecule has 2 rings (SSSR count). The van der Waals surface area contributed by atoms with E-state index >= 15 is 0 Å². The lowest BCUT2D eigenvalue weighted by Gasteiger charge is -2.05. The van der Waals surface area contributed by atoms with Gasteiger partial charge >= 0.3 is 0 Å². The lowest BCUT2D eigenvalue weighted by atomic mass is 10.2. The Hall–Kier alpha value is -1.93. The SMILES string of the molecule is CC(C)C(=O)Nc1nc(CC(=O)NCCSCc2ccccc2F)cs1. The Kier molecular flexibility index (Phi) is 8.06. The van der Waals surface area contributed by atoms with Crippen LogP contribution in [0.5, 0.6) is 0 Å². The van der Waals surface area contributed by atoms with E-state index in [2.05, 4.69) is 15.6 Å². The quantitative estimate of drug-likeness (QED) is 0.638. The van der Waals surface area contributed by atoms with Gasteiger partial charge < -0.3 is 10.6 Å². The number of anilines is 1. The molecular formula is C18H22FN3O2S2. The van der Waals surface area contributed by atoms with Crippen LogP contribution in [-0.4, -0.2) is 29.1 Å². The average molecular weight is 396 g/mol. The standard InChI is InChI=1S/C18H22FN3O2S2/c1-12(2)17(24)22-18-21-14(11-26-18)9-16(23)20-7-8-25-10-13-5-3-4-6-15(13)19/h3-6,11-12H,7-10H2,1-2H3,(H,20,23)(H,21,22,24). The maximum Gasteiger partial charge on any atom is 0.228 e. The molecule has 26 heavy (non-hydrogen) atoms. The minimum atomic E-state index is -0.201. The maximum absolute atomic E-state index is 13.5. The molecule has 0 saturated carbocycles. The van der Waals surface area contributed by atoms with Crippen LogP contribution in [0.4, 0.5) is 9.52 Å². The molecule has 0 aliphatic carbocycles. The molecular weight excluding hydrogens is 373 g/mol. The largest absolute Gasteiger partial charge is 0.355 e. The highest BCUT2D eigenvalue weighted by atomic mass is 32.2. The van der Waals surface area contributed by atoms with Gasteiger partial charge in [0.15, 0.2) is 5.13 Å². The van der Waals surface area contributed by atoms with Crippen molar-refractivity contribution in [2.45, 2.75) is 26.0 Å². The Bertz CT molecular complexity index is 750. The van der Waals surface area contributed by atoms with Crippen molar-refractivity contribution in [3.63, 3.8) is 0 Å². The summed E-state index contributed by atoms with van der Waals surface area (Å²) in [5, 5.41) is 7.81. The first-order chi connectivity index (χ1) is 12.5. The summed E-state index contributed by atoms with van der Waals surface area (Å²) < 4.78 is 13.5. The van der Waals surface area contributed by atoms with Crippen LogP contribution >= 0.6 is 23.1 Å². The predicted octanol–water partition coefficient (Wildman–Crippen LogP) is 3.47. The van der Waals surface area contributed by atoms with Crippen molar-refractivity contribution in [1.82, 2.24) is 10.3 Å². The number of aromatic nitrogens is 1. The summed E-state index contributed by atoms with van der Waals surface area (Å²) in [7, 11) is 0. The van der Waals surface area contributed by atoms with Gasteiger partial charge in [0.2, 0.25) is 11.8 Å². The smallest absolute Gasteiger partial charge is 0.228 e. The van der Waals surface area contributed by atoms with Crippen LogP contribution in [0.2, 0.25) is 0 Å². The zero-order valence-electron chi connectivity index (χ0n) is 14.8. The number of rotatable bonds is 9. The Balaban J connectivity index is 1.65. The van der Waals surface area contributed by atoms with Gasteiger partial charge in [-0.05, 0) is 11.6 Å². The van der Waals surface area contributed by atoms with Crippen molar-refractivity contribution < 1.29 is 14.0 Å². The molecule has 5 nitrogen and oxygen atoms in total. The van der Waals surface area contributed by atoms with E-state index in [0.717, 1.165) is 0 Å². The molecule has 0 bridgehead atoms. The van der Waals surface area contributed by atoms with Gasteiger partial charge in [-0.15, -0.1) is 11.3 Å². The Morgan fingerprint density at radius 3 is 2.81 bits per heavy atom. The van der Waals surface area contributed by atoms with E-state index in [-0.39, 0.29) is 30.0 Å². The van der Waals surface area contributed by atoms with Crippen LogP contribution < -0.4 is 10.6 Å². The van der Waals surface area contributed by atoms with E-state index in [9.17, 15) is 14.0 Å². The molecule has 140 valence electrons. The summed E-state index contributed by atoms with van der Waals surface area (Å²) in [5.74, 6) is 0.742. The molecule has 2 aromatic rings. The molecule has 0 aliphatic rings. The van der Waals surface area contributed by atoms with E-state index in [1.54, 1.807) is 29.3 Å². The number of nitrogens with one attached hydrogen (secondary N) is 2. The minimum absolute atomic E-state index is 0.0952. The van der Waals surface area contributed by atoms with Gasteiger partial charge in [0.1, 0.15) is 5.82 Å². The van der Waals surface area contributed by atoms with Crippen molar-refractivity contribution >= 4 is 40.0 Å². The summed E-state index contributed by atoms with van der Waals surface area (Å²) in [4.78, 5) is 27.8. The fraction of sp³-hybridized carbons (Fsp3) is 0.389. The van der Waals surface area contributed by atoms with Gasteiger partial charge in [0.05, 0.1) is 12.1 Å². The van der Waals surface area contributed by atoms with Crippen molar-refractivity contribution in [2.75, 3.05) is 17.6 Å². The lowest BCUT2D eigenvalue weighted by Crippen LogP contribution is -2.27. The molecule has 0 fully saturated rings. The highest BCUT2D eigenvalue weighted by Crippen LogP contribution is 2.17. The Morgan fingerprint density at radius 1 is 1.31 bits per heavy atom. The predicted molar refractivity (Wildman–Crippen MR) is 105 cm³/mol. The Labute approximate surface area is 160 Å². The molecule has 8 heteroatoms. The summed E-state index contributed by atoms with van der Waals surface area (Å²) in [6.07, 6.45) is 0.173. The minimum Gasteiger partial charge on any atom is -0.355 e. The molecule has 0 radical (unpaired) electrons. The number of nitrogens with zero attached hydrogens (tertiary/aromatic N) is 1. The topological polar surface area (TPSA) is 71.1 Å². The number of thioether (sulfide) groups is 1. The highest BCUT2D eigenvalue weighted by Gasteiger charge is 2.11. The number of benzene rings is 1. The Morgan fingerprint density at radius 2 is 2.08 bits per heavy atom. The van der Waals surface area contributed by atoms with Crippen LogP contribution in [0.3, 0.4) is 0 Å². The van der Waals surface area contributed by atoms with Crippen LogP contribution in [0.1, 0.15) is 25.1 Å². The number of halogens is 1. The first-order valence-electron chi connectivity index (χ1n) is 8.29. The number of hydrogen-bond acceptors (Lipinski definition) is 5. The third kappa shape index (κ3) is 6.76. The third-order valence-electron chi connectivity index (χ3n) is 3.43. The van der Waals surface area contributed by atoms with E-state index in [1.165, 1.54) is 17.4 Å². The first kappa shape index (κ1) is 20.4. The summed E-state index contributed by atoms with van der Waals surface area (Å²) in [6, 6.07) is 6.69. The molecule has 1 aromatic heterocycles. The monoisotopic (exact) mass is 395 g/mol. The maximum atomic E-state index is 13.5. The molecule has 2 N–H and O–H groups in total. The van der Waals surface area contributed by atoms with Crippen molar-refractivity contribution in [3.8, 4) is 0 Å². The van der Waals surface area contributed by atoms with E-state index in [1.807, 2.05) is 19.9 Å². The van der Waals surface area contributed by atoms with E-state index in [4.69, 9.17) is 0 Å². The normalized spacial score (nSPS) is 10.8. The molecule has 0 unspecified atom stereocenters. The molecule has 2 amide bonds. The summed E-state index contributed by atoms with van der Waals surface area (Å²) >= 11 is 2.87. The zero-order chi connectivity index (χ0) is 18.9. The van der Waals surface area contributed by atoms with Crippen molar-refractivity contribution in [1.29, 1.82) is 0 Å². The number of carbonyl (C=O) groups excluding carboxylic acids is 2. The number of thiazole rings is 1. The first-order valence-corrected chi connectivity index (χ1v) is 10.3. The van der Waals surface area contributed by atoms with Gasteiger partial charge in [-0.3, -0.25) is 9.59 Å².